The van der Waals surface area contributed by atoms with Gasteiger partial charge in [-0.15, -0.1) is 0 Å². The van der Waals surface area contributed by atoms with E-state index in [4.69, 9.17) is 25.4 Å². The number of aliphatic hydroxyl groups is 1. The van der Waals surface area contributed by atoms with Gasteiger partial charge in [-0.3, -0.25) is 0 Å². The Morgan fingerprint density at radius 3 is 2.19 bits per heavy atom. The Morgan fingerprint density at radius 2 is 1.70 bits per heavy atom. The molecule has 1 aromatic rings. The Balaban J connectivity index is 2.66. The van der Waals surface area contributed by atoms with E-state index in [-0.39, 0.29) is 5.57 Å². The van der Waals surface area contributed by atoms with E-state index >= 15 is 0 Å². The van der Waals surface area contributed by atoms with Gasteiger partial charge in [0.15, 0.2) is 5.92 Å². The minimum Gasteiger partial charge on any atom is -0.480 e. The van der Waals surface area contributed by atoms with Gasteiger partial charge in [-0.05, 0) is 5.56 Å². The molecule has 1 aliphatic heterocycles. The van der Waals surface area contributed by atoms with Gasteiger partial charge in [0, 0.05) is 19.8 Å². The van der Waals surface area contributed by atoms with Gasteiger partial charge in [-0.2, -0.15) is 15.8 Å². The number of aliphatic hydroxyl groups excluding tert-OH is 1. The van der Waals surface area contributed by atoms with Crippen molar-refractivity contribution in [2.24, 2.45) is 11.8 Å². The van der Waals surface area contributed by atoms with Crippen LogP contribution in [0.25, 0.3) is 0 Å². The molecule has 2 atom stereocenters. The zero-order valence-corrected chi connectivity index (χ0v) is 14.6. The standard InChI is InChI=1S/C19H16N4O4/c1-19(2)26-17(24)15(18(25)27-19)14(11-6-4-3-5-7-11)13(10-22)16(23)12(8-20)9-21/h3-7,12-14,23-24H,1-2H3/t13-,14-/m0/s1. The van der Waals surface area contributed by atoms with Crippen LogP contribution >= 0.6 is 0 Å². The van der Waals surface area contributed by atoms with Crippen molar-refractivity contribution in [1.29, 1.82) is 21.2 Å². The molecule has 0 bridgehead atoms. The van der Waals surface area contributed by atoms with Crippen LogP contribution in [0.2, 0.25) is 0 Å². The van der Waals surface area contributed by atoms with Gasteiger partial charge >= 0.3 is 5.97 Å². The molecule has 1 heterocycles. The highest BCUT2D eigenvalue weighted by molar-refractivity contribution is 5.97. The number of hydrogen-bond acceptors (Lipinski definition) is 8. The fourth-order valence-electron chi connectivity index (χ4n) is 2.79. The van der Waals surface area contributed by atoms with Crippen LogP contribution in [0, 0.1) is 51.2 Å². The number of ether oxygens (including phenoxy) is 2. The lowest BCUT2D eigenvalue weighted by atomic mass is 9.76. The Kier molecular flexibility index (Phi) is 5.48. The van der Waals surface area contributed by atoms with E-state index in [0.717, 1.165) is 0 Å². The predicted octanol–water partition coefficient (Wildman–Crippen LogP) is 2.67. The van der Waals surface area contributed by atoms with E-state index in [9.17, 15) is 15.2 Å². The number of nitriles is 3. The molecule has 136 valence electrons. The third kappa shape index (κ3) is 3.89. The van der Waals surface area contributed by atoms with Crippen LogP contribution in [0.3, 0.4) is 0 Å². The summed E-state index contributed by atoms with van der Waals surface area (Å²) in [5.41, 5.74) is -0.397. The van der Waals surface area contributed by atoms with Gasteiger partial charge in [0.2, 0.25) is 0 Å². The maximum atomic E-state index is 12.6. The van der Waals surface area contributed by atoms with Crippen molar-refractivity contribution in [3.8, 4) is 18.2 Å². The highest BCUT2D eigenvalue weighted by Crippen LogP contribution is 2.39. The number of carbonyl (C=O) groups is 1. The summed E-state index contributed by atoms with van der Waals surface area (Å²) in [6.07, 6.45) is 0. The van der Waals surface area contributed by atoms with E-state index in [2.05, 4.69) is 0 Å². The van der Waals surface area contributed by atoms with Crippen LogP contribution in [0.1, 0.15) is 25.3 Å². The highest BCUT2D eigenvalue weighted by Gasteiger charge is 2.45. The number of nitrogens with one attached hydrogen (secondary N) is 1. The maximum Gasteiger partial charge on any atom is 0.345 e. The number of cyclic esters (lactones) is 1. The SMILES string of the molecule is CC1(C)OC(=O)C([C@@H](c2ccccc2)[C@H](C#N)C(=N)C(C#N)C#N)=C(O)O1. The third-order valence-electron chi connectivity index (χ3n) is 3.98. The molecule has 27 heavy (non-hydrogen) atoms. The molecule has 1 aliphatic rings. The first-order valence-electron chi connectivity index (χ1n) is 7.93. The van der Waals surface area contributed by atoms with Gasteiger partial charge in [0.1, 0.15) is 5.57 Å². The van der Waals surface area contributed by atoms with Crippen molar-refractivity contribution in [1.82, 2.24) is 0 Å². The fraction of sp³-hybridized carbons (Fsp3) is 0.316. The molecule has 2 rings (SSSR count). The molecule has 0 unspecified atom stereocenters. The van der Waals surface area contributed by atoms with Crippen molar-refractivity contribution < 1.29 is 19.4 Å². The van der Waals surface area contributed by atoms with Gasteiger partial charge in [0.05, 0.1) is 29.8 Å². The summed E-state index contributed by atoms with van der Waals surface area (Å²) in [6, 6.07) is 13.4. The molecular formula is C19H16N4O4. The number of hydrogen-bond donors (Lipinski definition) is 2. The molecule has 0 saturated carbocycles. The second-order valence-corrected chi connectivity index (χ2v) is 6.25. The molecule has 0 spiro atoms. The van der Waals surface area contributed by atoms with Crippen molar-refractivity contribution >= 4 is 11.7 Å². The maximum absolute atomic E-state index is 12.6. The summed E-state index contributed by atoms with van der Waals surface area (Å²) in [5.74, 6) is -7.02. The number of carbonyl (C=O) groups excluding carboxylic acids is 1. The molecule has 8 nitrogen and oxygen atoms in total. The van der Waals surface area contributed by atoms with Crippen LogP contribution in [0.4, 0.5) is 0 Å². The van der Waals surface area contributed by atoms with E-state index in [1.165, 1.54) is 13.8 Å². The number of rotatable bonds is 5. The molecule has 0 aliphatic carbocycles. The van der Waals surface area contributed by atoms with Crippen LogP contribution in [-0.4, -0.2) is 22.6 Å². The van der Waals surface area contributed by atoms with E-state index in [0.29, 0.717) is 5.56 Å². The van der Waals surface area contributed by atoms with Gasteiger partial charge < -0.3 is 20.0 Å². The monoisotopic (exact) mass is 364 g/mol. The molecule has 8 heteroatoms. The molecule has 0 radical (unpaired) electrons. The summed E-state index contributed by atoms with van der Waals surface area (Å²) in [6.45, 7) is 2.86. The normalized spacial score (nSPS) is 17.6. The van der Waals surface area contributed by atoms with E-state index in [1.807, 2.05) is 6.07 Å². The molecule has 1 aromatic carbocycles. The molecule has 2 N–H and O–H groups in total. The number of benzene rings is 1. The molecule has 0 amide bonds. The van der Waals surface area contributed by atoms with Gasteiger partial charge in [-0.25, -0.2) is 4.79 Å². The van der Waals surface area contributed by atoms with Crippen molar-refractivity contribution in [3.63, 3.8) is 0 Å². The van der Waals surface area contributed by atoms with Crippen LogP contribution in [-0.2, 0) is 14.3 Å². The molecular weight excluding hydrogens is 348 g/mol. The number of nitrogens with zero attached hydrogens (tertiary/aromatic N) is 3. The lowest BCUT2D eigenvalue weighted by Gasteiger charge is -2.34. The zero-order valence-electron chi connectivity index (χ0n) is 14.6. The number of esters is 1. The van der Waals surface area contributed by atoms with Gasteiger partial charge in [0.25, 0.3) is 11.7 Å². The Hall–Kier alpha value is -3.83. The van der Waals surface area contributed by atoms with Crippen LogP contribution in [0.5, 0.6) is 0 Å². The van der Waals surface area contributed by atoms with Crippen molar-refractivity contribution in [2.45, 2.75) is 25.6 Å². The van der Waals surface area contributed by atoms with Crippen LogP contribution in [0.15, 0.2) is 41.9 Å². The van der Waals surface area contributed by atoms with Crippen molar-refractivity contribution in [2.75, 3.05) is 0 Å². The smallest absolute Gasteiger partial charge is 0.345 e. The molecule has 0 saturated heterocycles. The van der Waals surface area contributed by atoms with Gasteiger partial charge in [-0.1, -0.05) is 30.3 Å². The summed E-state index contributed by atoms with van der Waals surface area (Å²) in [7, 11) is 0. The summed E-state index contributed by atoms with van der Waals surface area (Å²) < 4.78 is 10.4. The van der Waals surface area contributed by atoms with E-state index in [1.54, 1.807) is 42.5 Å². The quantitative estimate of drug-likeness (QED) is 0.602. The Bertz CT molecular complexity index is 902. The average molecular weight is 364 g/mol. The topological polar surface area (TPSA) is 151 Å². The third-order valence-corrected chi connectivity index (χ3v) is 3.98. The fourth-order valence-corrected chi connectivity index (χ4v) is 2.79. The summed E-state index contributed by atoms with van der Waals surface area (Å²) >= 11 is 0. The largest absolute Gasteiger partial charge is 0.480 e. The Morgan fingerprint density at radius 1 is 1.11 bits per heavy atom. The summed E-state index contributed by atoms with van der Waals surface area (Å²) in [5, 5.41) is 46.3. The first-order valence-corrected chi connectivity index (χ1v) is 7.93. The Labute approximate surface area is 156 Å². The minimum absolute atomic E-state index is 0.341. The summed E-state index contributed by atoms with van der Waals surface area (Å²) in [4.78, 5) is 12.6. The lowest BCUT2D eigenvalue weighted by Crippen LogP contribution is -2.40. The first kappa shape index (κ1) is 19.5. The second-order valence-electron chi connectivity index (χ2n) is 6.25. The van der Waals surface area contributed by atoms with E-state index < -0.39 is 41.2 Å². The second kappa shape index (κ2) is 7.59. The molecule has 0 fully saturated rings. The highest BCUT2D eigenvalue weighted by atomic mass is 16.8. The predicted molar refractivity (Wildman–Crippen MR) is 91.6 cm³/mol. The van der Waals surface area contributed by atoms with Crippen molar-refractivity contribution in [3.05, 3.63) is 47.4 Å². The lowest BCUT2D eigenvalue weighted by molar-refractivity contribution is -0.222. The molecule has 0 aromatic heterocycles. The first-order chi connectivity index (χ1) is 12.8. The van der Waals surface area contributed by atoms with Crippen LogP contribution < -0.4 is 0 Å². The minimum atomic E-state index is -1.47. The zero-order chi connectivity index (χ0) is 20.2. The average Bonchev–Trinajstić information content (AvgIpc) is 2.61.